The summed E-state index contributed by atoms with van der Waals surface area (Å²) in [6.07, 6.45) is 4.16. The maximum absolute atomic E-state index is 12.4. The van der Waals surface area contributed by atoms with Crippen molar-refractivity contribution in [3.8, 4) is 0 Å². The molecule has 23 heavy (non-hydrogen) atoms. The molecule has 0 aromatic rings. The van der Waals surface area contributed by atoms with Crippen LogP contribution >= 0.6 is 0 Å². The van der Waals surface area contributed by atoms with Gasteiger partial charge in [0.05, 0.1) is 0 Å². The molecule has 2 heterocycles. The minimum absolute atomic E-state index is 0.233. The van der Waals surface area contributed by atoms with Crippen LogP contribution in [0.5, 0.6) is 0 Å². The van der Waals surface area contributed by atoms with Crippen LogP contribution in [0.2, 0.25) is 0 Å². The number of hydrogen-bond acceptors (Lipinski definition) is 2. The van der Waals surface area contributed by atoms with Gasteiger partial charge in [-0.3, -0.25) is 9.59 Å². The van der Waals surface area contributed by atoms with Crippen LogP contribution in [0.15, 0.2) is 0 Å². The zero-order valence-corrected chi connectivity index (χ0v) is 15.4. The lowest BCUT2D eigenvalue weighted by Gasteiger charge is -2.36. The van der Waals surface area contributed by atoms with Crippen molar-refractivity contribution >= 4 is 11.8 Å². The number of carbonyl (C=O) groups excluding carboxylic acids is 2. The Bertz CT molecular complexity index is 366. The summed E-state index contributed by atoms with van der Waals surface area (Å²) in [5.41, 5.74) is 0. The first-order chi connectivity index (χ1) is 10.8. The smallest absolute Gasteiger partial charge is 0.222 e. The molecular weight excluding hydrogens is 288 g/mol. The third-order valence-corrected chi connectivity index (χ3v) is 5.22. The van der Waals surface area contributed by atoms with Gasteiger partial charge in [-0.05, 0) is 42.9 Å². The monoisotopic (exact) mass is 322 g/mol. The number of likely N-dealkylation sites (tertiary alicyclic amines) is 2. The molecule has 4 atom stereocenters. The molecule has 0 radical (unpaired) electrons. The maximum atomic E-state index is 12.4. The molecule has 4 heteroatoms. The SMILES string of the molecule is C[C@@H]1C[C@@H](C)CN(C(=O)CCCC(=O)N2C[C@H](C)C[C@H](C)C2)C1. The molecule has 2 saturated heterocycles. The van der Waals surface area contributed by atoms with Gasteiger partial charge in [-0.2, -0.15) is 0 Å². The van der Waals surface area contributed by atoms with Gasteiger partial charge < -0.3 is 9.80 Å². The second-order valence-electron chi connectivity index (χ2n) is 8.34. The van der Waals surface area contributed by atoms with E-state index in [1.165, 1.54) is 12.8 Å². The van der Waals surface area contributed by atoms with E-state index in [2.05, 4.69) is 27.7 Å². The molecule has 0 spiro atoms. The molecule has 0 aliphatic carbocycles. The predicted molar refractivity (Wildman–Crippen MR) is 92.9 cm³/mol. The molecule has 0 aromatic heterocycles. The van der Waals surface area contributed by atoms with Gasteiger partial charge in [0, 0.05) is 39.0 Å². The van der Waals surface area contributed by atoms with Gasteiger partial charge in [0.1, 0.15) is 0 Å². The maximum Gasteiger partial charge on any atom is 0.222 e. The fourth-order valence-corrected chi connectivity index (χ4v) is 4.44. The van der Waals surface area contributed by atoms with Crippen LogP contribution < -0.4 is 0 Å². The minimum Gasteiger partial charge on any atom is -0.342 e. The lowest BCUT2D eigenvalue weighted by Crippen LogP contribution is -2.43. The number of hydrogen-bond donors (Lipinski definition) is 0. The highest BCUT2D eigenvalue weighted by Crippen LogP contribution is 2.23. The number of carbonyl (C=O) groups is 2. The Morgan fingerprint density at radius 3 is 1.30 bits per heavy atom. The molecule has 132 valence electrons. The third-order valence-electron chi connectivity index (χ3n) is 5.22. The van der Waals surface area contributed by atoms with Crippen LogP contribution in [-0.4, -0.2) is 47.8 Å². The van der Waals surface area contributed by atoms with Crippen molar-refractivity contribution in [2.75, 3.05) is 26.2 Å². The summed E-state index contributed by atoms with van der Waals surface area (Å²) in [6.45, 7) is 12.4. The first kappa shape index (κ1) is 18.3. The Morgan fingerprint density at radius 2 is 1.00 bits per heavy atom. The zero-order valence-electron chi connectivity index (χ0n) is 15.4. The van der Waals surface area contributed by atoms with E-state index in [9.17, 15) is 9.59 Å². The zero-order chi connectivity index (χ0) is 17.0. The van der Waals surface area contributed by atoms with Gasteiger partial charge in [0.2, 0.25) is 11.8 Å². The number of rotatable bonds is 4. The van der Waals surface area contributed by atoms with Crippen molar-refractivity contribution in [3.05, 3.63) is 0 Å². The van der Waals surface area contributed by atoms with Crippen molar-refractivity contribution in [1.82, 2.24) is 9.80 Å². The highest BCUT2D eigenvalue weighted by Gasteiger charge is 2.27. The molecule has 2 rings (SSSR count). The van der Waals surface area contributed by atoms with Crippen LogP contribution in [0, 0.1) is 23.7 Å². The second kappa shape index (κ2) is 8.16. The van der Waals surface area contributed by atoms with Crippen molar-refractivity contribution in [1.29, 1.82) is 0 Å². The van der Waals surface area contributed by atoms with E-state index < -0.39 is 0 Å². The summed E-state index contributed by atoms with van der Waals surface area (Å²) >= 11 is 0. The molecule has 2 aliphatic rings. The first-order valence-electron chi connectivity index (χ1n) is 9.40. The molecule has 4 nitrogen and oxygen atoms in total. The molecule has 0 N–H and O–H groups in total. The van der Waals surface area contributed by atoms with Crippen molar-refractivity contribution in [3.63, 3.8) is 0 Å². The Hall–Kier alpha value is -1.06. The molecule has 0 saturated carbocycles. The number of nitrogens with zero attached hydrogens (tertiary/aromatic N) is 2. The van der Waals surface area contributed by atoms with E-state index in [0.29, 0.717) is 42.9 Å². The van der Waals surface area contributed by atoms with E-state index in [-0.39, 0.29) is 11.8 Å². The molecule has 0 bridgehead atoms. The average Bonchev–Trinajstić information content (AvgIpc) is 2.44. The van der Waals surface area contributed by atoms with Crippen molar-refractivity contribution < 1.29 is 9.59 Å². The topological polar surface area (TPSA) is 40.6 Å². The fraction of sp³-hybridized carbons (Fsp3) is 0.895. The first-order valence-corrected chi connectivity index (χ1v) is 9.40. The largest absolute Gasteiger partial charge is 0.342 e. The van der Waals surface area contributed by atoms with Crippen molar-refractivity contribution in [2.45, 2.75) is 59.8 Å². The molecular formula is C19H34N2O2. The lowest BCUT2D eigenvalue weighted by molar-refractivity contribution is -0.135. The highest BCUT2D eigenvalue weighted by atomic mass is 16.2. The Morgan fingerprint density at radius 1 is 0.696 bits per heavy atom. The summed E-state index contributed by atoms with van der Waals surface area (Å²) in [5, 5.41) is 0. The van der Waals surface area contributed by atoms with Gasteiger partial charge in [0.15, 0.2) is 0 Å². The van der Waals surface area contributed by atoms with Gasteiger partial charge in [-0.25, -0.2) is 0 Å². The molecule has 0 aromatic carbocycles. The van der Waals surface area contributed by atoms with E-state index >= 15 is 0 Å². The Labute approximate surface area is 141 Å². The number of piperidine rings is 2. The fourth-order valence-electron chi connectivity index (χ4n) is 4.44. The normalized spacial score (nSPS) is 32.0. The average molecular weight is 322 g/mol. The molecule has 2 fully saturated rings. The standard InChI is InChI=1S/C19H34N2O2/c1-14-8-15(2)11-20(10-14)18(22)6-5-7-19(23)21-12-16(3)9-17(4)13-21/h14-17H,5-13H2,1-4H3/t14-,15-,16-,17+/m1/s1. The van der Waals surface area contributed by atoms with E-state index in [1.807, 2.05) is 9.80 Å². The van der Waals surface area contributed by atoms with E-state index in [1.54, 1.807) is 0 Å². The van der Waals surface area contributed by atoms with Crippen LogP contribution in [0.1, 0.15) is 59.8 Å². The molecule has 2 aliphatic heterocycles. The van der Waals surface area contributed by atoms with Crippen LogP contribution in [0.4, 0.5) is 0 Å². The van der Waals surface area contributed by atoms with Crippen LogP contribution in [0.3, 0.4) is 0 Å². The predicted octanol–water partition coefficient (Wildman–Crippen LogP) is 3.17. The Kier molecular flexibility index (Phi) is 6.49. The van der Waals surface area contributed by atoms with Crippen LogP contribution in [-0.2, 0) is 9.59 Å². The second-order valence-corrected chi connectivity index (χ2v) is 8.34. The van der Waals surface area contributed by atoms with E-state index in [4.69, 9.17) is 0 Å². The van der Waals surface area contributed by atoms with Gasteiger partial charge in [-0.1, -0.05) is 27.7 Å². The highest BCUT2D eigenvalue weighted by molar-refractivity contribution is 5.79. The van der Waals surface area contributed by atoms with Gasteiger partial charge in [-0.15, -0.1) is 0 Å². The quantitative estimate of drug-likeness (QED) is 0.797. The summed E-state index contributed by atoms with van der Waals surface area (Å²) < 4.78 is 0. The summed E-state index contributed by atoms with van der Waals surface area (Å²) in [6, 6.07) is 0. The molecule has 2 amide bonds. The lowest BCUT2D eigenvalue weighted by atomic mass is 9.91. The summed E-state index contributed by atoms with van der Waals surface area (Å²) in [4.78, 5) is 28.7. The van der Waals surface area contributed by atoms with Crippen molar-refractivity contribution in [2.24, 2.45) is 23.7 Å². The summed E-state index contributed by atoms with van der Waals surface area (Å²) in [7, 11) is 0. The van der Waals surface area contributed by atoms with E-state index in [0.717, 1.165) is 26.2 Å². The van der Waals surface area contributed by atoms with Gasteiger partial charge in [0.25, 0.3) is 0 Å². The third kappa shape index (κ3) is 5.50. The van der Waals surface area contributed by atoms with Gasteiger partial charge >= 0.3 is 0 Å². The summed E-state index contributed by atoms with van der Waals surface area (Å²) in [5.74, 6) is 2.86. The van der Waals surface area contributed by atoms with Crippen LogP contribution in [0.25, 0.3) is 0 Å². The molecule has 0 unspecified atom stereocenters. The number of amides is 2. The minimum atomic E-state index is 0.233. The Balaban J connectivity index is 1.71.